The van der Waals surface area contributed by atoms with Gasteiger partial charge in [0, 0.05) is 6.42 Å². The lowest BCUT2D eigenvalue weighted by Gasteiger charge is -2.28. The van der Waals surface area contributed by atoms with E-state index >= 15 is 0 Å². The van der Waals surface area contributed by atoms with E-state index in [1.807, 2.05) is 20.8 Å². The summed E-state index contributed by atoms with van der Waals surface area (Å²) >= 11 is 0. The fraction of sp³-hybridized carbons (Fsp3) is 1.00. The van der Waals surface area contributed by atoms with Crippen LogP contribution in [0.15, 0.2) is 0 Å². The molecule has 0 aliphatic heterocycles. The van der Waals surface area contributed by atoms with Crippen molar-refractivity contribution in [2.75, 3.05) is 26.4 Å². The molecule has 0 fully saturated rings. The predicted octanol–water partition coefficient (Wildman–Crippen LogP) is 4.92. The molecule has 5 heteroatoms. The zero-order chi connectivity index (χ0) is 20.8. The van der Waals surface area contributed by atoms with Crippen molar-refractivity contribution in [1.82, 2.24) is 0 Å². The summed E-state index contributed by atoms with van der Waals surface area (Å²) in [5, 5.41) is 0. The molecule has 0 aromatic heterocycles. The smallest absolute Gasteiger partial charge is 0.178 e. The summed E-state index contributed by atoms with van der Waals surface area (Å²) < 4.78 is 0. The molecule has 0 amide bonds. The first-order valence-corrected chi connectivity index (χ1v) is 12.6. The fourth-order valence-corrected chi connectivity index (χ4v) is 3.75. The standard InChI is InChI=1S/C24H52NO3.ClH/c1-5-9-10-11-12-13-14-15-16-17-18-19-20-21-22-23-24-25(26-6-2,27-7-3)28-8-4;/h5-24H2,1-4H3;1H/q+1;/p-1. The average molecular weight is 438 g/mol. The van der Waals surface area contributed by atoms with E-state index in [4.69, 9.17) is 14.5 Å². The Balaban J connectivity index is 0. The van der Waals surface area contributed by atoms with Gasteiger partial charge < -0.3 is 12.4 Å². The number of unbranched alkanes of at least 4 members (excludes halogenated alkanes) is 15. The van der Waals surface area contributed by atoms with Crippen LogP contribution in [0.2, 0.25) is 0 Å². The van der Waals surface area contributed by atoms with Gasteiger partial charge in [-0.1, -0.05) is 96.8 Å². The number of hydrogen-bond donors (Lipinski definition) is 0. The third kappa shape index (κ3) is 19.8. The third-order valence-corrected chi connectivity index (χ3v) is 5.26. The highest BCUT2D eigenvalue weighted by atomic mass is 35.5. The van der Waals surface area contributed by atoms with Gasteiger partial charge in [-0.3, -0.25) is 0 Å². The quantitative estimate of drug-likeness (QED) is 0.129. The van der Waals surface area contributed by atoms with Crippen LogP contribution in [0.4, 0.5) is 0 Å². The summed E-state index contributed by atoms with van der Waals surface area (Å²) in [5.41, 5.74) is 0. The maximum absolute atomic E-state index is 5.73. The van der Waals surface area contributed by atoms with Crippen molar-refractivity contribution in [3.63, 3.8) is 0 Å². The van der Waals surface area contributed by atoms with Crippen LogP contribution in [0.3, 0.4) is 0 Å². The molecule has 0 N–H and O–H groups in total. The Morgan fingerprint density at radius 3 is 0.966 bits per heavy atom. The van der Waals surface area contributed by atoms with E-state index in [0.717, 1.165) is 13.0 Å². The number of quaternary nitrogens is 1. The number of nitrogens with zero attached hydrogens (tertiary/aromatic N) is 1. The molecule has 0 spiro atoms. The van der Waals surface area contributed by atoms with Gasteiger partial charge in [0.1, 0.15) is 19.8 Å². The molecule has 0 aliphatic carbocycles. The summed E-state index contributed by atoms with van der Waals surface area (Å²) in [6.45, 7) is 10.8. The summed E-state index contributed by atoms with van der Waals surface area (Å²) in [5.74, 6) is 0. The van der Waals surface area contributed by atoms with E-state index in [9.17, 15) is 0 Å². The van der Waals surface area contributed by atoms with Crippen molar-refractivity contribution in [3.05, 3.63) is 0 Å². The molecule has 0 rings (SSSR count). The minimum absolute atomic E-state index is 0. The molecular weight excluding hydrogens is 386 g/mol. The zero-order valence-corrected chi connectivity index (χ0v) is 20.9. The van der Waals surface area contributed by atoms with Crippen molar-refractivity contribution in [2.45, 2.75) is 130 Å². The molecule has 178 valence electrons. The van der Waals surface area contributed by atoms with Crippen LogP contribution in [0.5, 0.6) is 0 Å². The minimum Gasteiger partial charge on any atom is -1.00 e. The van der Waals surface area contributed by atoms with Crippen LogP contribution in [0, 0.1) is 0 Å². The largest absolute Gasteiger partial charge is 1.00 e. The SMILES string of the molecule is CCCCCCCCCCCCCCCCCC[N+](OCC)(OCC)OCC.[Cl-]. The number of halogens is 1. The van der Waals surface area contributed by atoms with Crippen molar-refractivity contribution < 1.29 is 31.9 Å². The van der Waals surface area contributed by atoms with Gasteiger partial charge in [0.15, 0.2) is 6.54 Å². The highest BCUT2D eigenvalue weighted by molar-refractivity contribution is 4.49. The summed E-state index contributed by atoms with van der Waals surface area (Å²) in [6.07, 6.45) is 22.1. The fourth-order valence-electron chi connectivity index (χ4n) is 3.75. The van der Waals surface area contributed by atoms with Gasteiger partial charge in [0.05, 0.1) is 4.97 Å². The number of hydroxylamine groups is 3. The second kappa shape index (κ2) is 24.4. The maximum Gasteiger partial charge on any atom is 0.178 e. The Morgan fingerprint density at radius 1 is 0.414 bits per heavy atom. The van der Waals surface area contributed by atoms with Crippen molar-refractivity contribution >= 4 is 0 Å². The predicted molar refractivity (Wildman–Crippen MR) is 120 cm³/mol. The van der Waals surface area contributed by atoms with Gasteiger partial charge in [0.2, 0.25) is 0 Å². The lowest BCUT2D eigenvalue weighted by molar-refractivity contribution is -1.37. The highest BCUT2D eigenvalue weighted by Gasteiger charge is 2.33. The maximum atomic E-state index is 5.73. The van der Waals surface area contributed by atoms with Gasteiger partial charge in [-0.05, 0) is 27.2 Å². The summed E-state index contributed by atoms with van der Waals surface area (Å²) in [7, 11) is 0. The van der Waals surface area contributed by atoms with E-state index in [-0.39, 0.29) is 17.4 Å². The van der Waals surface area contributed by atoms with Crippen molar-refractivity contribution in [2.24, 2.45) is 0 Å². The molecule has 4 nitrogen and oxygen atoms in total. The second-order valence-electron chi connectivity index (χ2n) is 7.89. The molecule has 0 aliphatic rings. The molecule has 0 bridgehead atoms. The molecule has 0 radical (unpaired) electrons. The van der Waals surface area contributed by atoms with Gasteiger partial charge in [0.25, 0.3) is 0 Å². The van der Waals surface area contributed by atoms with Crippen LogP contribution in [0.25, 0.3) is 0 Å². The molecule has 0 unspecified atom stereocenters. The van der Waals surface area contributed by atoms with Crippen molar-refractivity contribution in [3.8, 4) is 0 Å². The van der Waals surface area contributed by atoms with Gasteiger partial charge in [-0.15, -0.1) is 14.5 Å². The summed E-state index contributed by atoms with van der Waals surface area (Å²) in [4.78, 5) is 17.1. The van der Waals surface area contributed by atoms with Crippen LogP contribution in [-0.2, 0) is 14.5 Å². The lowest BCUT2D eigenvalue weighted by atomic mass is 10.0. The number of hydrogen-bond acceptors (Lipinski definition) is 3. The second-order valence-corrected chi connectivity index (χ2v) is 7.89. The minimum atomic E-state index is -0.0951. The summed E-state index contributed by atoms with van der Waals surface area (Å²) in [6, 6.07) is 0. The Hall–Kier alpha value is 0.130. The Morgan fingerprint density at radius 2 is 0.690 bits per heavy atom. The van der Waals surface area contributed by atoms with Gasteiger partial charge in [-0.2, -0.15) is 0 Å². The Kier molecular flexibility index (Phi) is 26.3. The van der Waals surface area contributed by atoms with Crippen LogP contribution in [0.1, 0.15) is 130 Å². The van der Waals surface area contributed by atoms with Gasteiger partial charge >= 0.3 is 0 Å². The first kappa shape index (κ1) is 31.3. The monoisotopic (exact) mass is 437 g/mol. The number of rotatable bonds is 23. The lowest BCUT2D eigenvalue weighted by Crippen LogP contribution is -3.00. The molecule has 29 heavy (non-hydrogen) atoms. The average Bonchev–Trinajstić information content (AvgIpc) is 2.68. The van der Waals surface area contributed by atoms with Crippen LogP contribution in [-0.4, -0.2) is 31.3 Å². The third-order valence-electron chi connectivity index (χ3n) is 5.26. The molecule has 0 saturated heterocycles. The molecule has 0 aromatic carbocycles. The Labute approximate surface area is 188 Å². The van der Waals surface area contributed by atoms with E-state index in [1.54, 1.807) is 0 Å². The highest BCUT2D eigenvalue weighted by Crippen LogP contribution is 2.17. The molecular formula is C24H52ClNO3. The van der Waals surface area contributed by atoms with E-state index < -0.39 is 0 Å². The normalized spacial score (nSPS) is 11.6. The molecule has 0 heterocycles. The van der Waals surface area contributed by atoms with E-state index in [2.05, 4.69) is 6.92 Å². The van der Waals surface area contributed by atoms with Gasteiger partial charge in [-0.25, -0.2) is 0 Å². The topological polar surface area (TPSA) is 27.7 Å². The van der Waals surface area contributed by atoms with Crippen LogP contribution < -0.4 is 12.4 Å². The zero-order valence-electron chi connectivity index (χ0n) is 20.2. The molecule has 0 saturated carbocycles. The van der Waals surface area contributed by atoms with Crippen LogP contribution >= 0.6 is 0 Å². The van der Waals surface area contributed by atoms with E-state index in [0.29, 0.717) is 19.8 Å². The van der Waals surface area contributed by atoms with E-state index in [1.165, 1.54) is 96.3 Å². The molecule has 0 atom stereocenters. The van der Waals surface area contributed by atoms with Crippen molar-refractivity contribution in [1.29, 1.82) is 0 Å². The first-order chi connectivity index (χ1) is 13.7. The molecule has 0 aromatic rings. The first-order valence-electron chi connectivity index (χ1n) is 12.6. The Bertz CT molecular complexity index is 289.